The maximum Gasteiger partial charge on any atom is 0.121 e. The van der Waals surface area contributed by atoms with Gasteiger partial charge in [0.1, 0.15) is 11.5 Å². The first-order chi connectivity index (χ1) is 11.8. The van der Waals surface area contributed by atoms with E-state index in [4.69, 9.17) is 9.47 Å². The van der Waals surface area contributed by atoms with Crippen LogP contribution in [0.1, 0.15) is 17.9 Å². The first-order valence-electron chi connectivity index (χ1n) is 7.87. The number of hydrogen-bond acceptors (Lipinski definition) is 4. The molecule has 24 heavy (non-hydrogen) atoms. The second kappa shape index (κ2) is 7.59. The molecule has 1 aliphatic rings. The molecule has 1 unspecified atom stereocenters. The number of benzene rings is 2. The molecule has 0 fully saturated rings. The number of ether oxygens (including phenoxy) is 2. The van der Waals surface area contributed by atoms with Crippen LogP contribution in [0.15, 0.2) is 77.0 Å². The largest absolute Gasteiger partial charge is 0.497 e. The van der Waals surface area contributed by atoms with Gasteiger partial charge in [-0.1, -0.05) is 36.4 Å². The molecule has 2 aromatic rings. The van der Waals surface area contributed by atoms with E-state index in [0.29, 0.717) is 5.92 Å². The molecular weight excluding hydrogens is 300 g/mol. The summed E-state index contributed by atoms with van der Waals surface area (Å²) in [6, 6.07) is 13.5. The molecule has 0 aromatic heterocycles. The van der Waals surface area contributed by atoms with Crippen LogP contribution in [0.25, 0.3) is 0 Å². The fourth-order valence-electron chi connectivity index (χ4n) is 2.65. The van der Waals surface area contributed by atoms with Crippen molar-refractivity contribution < 1.29 is 9.47 Å². The molecule has 1 aliphatic carbocycles. The normalized spacial score (nSPS) is 16.5. The Hall–Kier alpha value is -2.88. The number of azo groups is 1. The van der Waals surface area contributed by atoms with Crippen LogP contribution in [0.4, 0.5) is 11.4 Å². The summed E-state index contributed by atoms with van der Waals surface area (Å²) in [7, 11) is 3.29. The summed E-state index contributed by atoms with van der Waals surface area (Å²) in [5.41, 5.74) is 2.72. The second-order valence-corrected chi connectivity index (χ2v) is 5.48. The Labute approximate surface area is 142 Å². The van der Waals surface area contributed by atoms with Crippen molar-refractivity contribution in [2.75, 3.05) is 14.2 Å². The van der Waals surface area contributed by atoms with Crippen LogP contribution in [-0.4, -0.2) is 14.2 Å². The van der Waals surface area contributed by atoms with Crippen LogP contribution in [-0.2, 0) is 0 Å². The molecule has 0 radical (unpaired) electrons. The molecule has 0 aliphatic heterocycles. The molecule has 1 atom stereocenters. The Balaban J connectivity index is 1.93. The van der Waals surface area contributed by atoms with Gasteiger partial charge >= 0.3 is 0 Å². The molecule has 0 heterocycles. The molecule has 0 amide bonds. The van der Waals surface area contributed by atoms with E-state index in [2.05, 4.69) is 40.6 Å². The van der Waals surface area contributed by atoms with Gasteiger partial charge in [-0.25, -0.2) is 0 Å². The lowest BCUT2D eigenvalue weighted by atomic mass is 9.91. The molecule has 4 heteroatoms. The summed E-state index contributed by atoms with van der Waals surface area (Å²) in [6.45, 7) is 0. The second-order valence-electron chi connectivity index (χ2n) is 5.48. The fourth-order valence-corrected chi connectivity index (χ4v) is 2.65. The fraction of sp³-hybridized carbons (Fsp3) is 0.200. The van der Waals surface area contributed by atoms with Gasteiger partial charge in [0.2, 0.25) is 0 Å². The van der Waals surface area contributed by atoms with E-state index < -0.39 is 0 Å². The van der Waals surface area contributed by atoms with Crippen LogP contribution in [0.3, 0.4) is 0 Å². The van der Waals surface area contributed by atoms with Crippen molar-refractivity contribution in [1.82, 2.24) is 0 Å². The van der Waals surface area contributed by atoms with Crippen molar-refractivity contribution in [1.29, 1.82) is 0 Å². The number of methoxy groups -OCH3 is 2. The average Bonchev–Trinajstić information content (AvgIpc) is 2.67. The summed E-state index contributed by atoms with van der Waals surface area (Å²) in [6.07, 6.45) is 9.45. The van der Waals surface area contributed by atoms with E-state index >= 15 is 0 Å². The van der Waals surface area contributed by atoms with Crippen molar-refractivity contribution in [2.24, 2.45) is 10.2 Å². The molecule has 122 valence electrons. The van der Waals surface area contributed by atoms with Gasteiger partial charge in [0, 0.05) is 18.1 Å². The van der Waals surface area contributed by atoms with E-state index in [-0.39, 0.29) is 0 Å². The first kappa shape index (κ1) is 16.0. The third kappa shape index (κ3) is 3.71. The molecule has 0 saturated heterocycles. The van der Waals surface area contributed by atoms with Crippen LogP contribution in [0.5, 0.6) is 11.5 Å². The topological polar surface area (TPSA) is 43.2 Å². The molecule has 4 nitrogen and oxygen atoms in total. The van der Waals surface area contributed by atoms with E-state index in [9.17, 15) is 0 Å². The van der Waals surface area contributed by atoms with Gasteiger partial charge in [0.25, 0.3) is 0 Å². The molecule has 0 N–H and O–H groups in total. The Bertz CT molecular complexity index is 794. The number of nitrogens with zero attached hydrogens (tertiary/aromatic N) is 2. The van der Waals surface area contributed by atoms with Crippen molar-refractivity contribution in [2.45, 2.75) is 12.3 Å². The summed E-state index contributed by atoms with van der Waals surface area (Å²) in [5, 5.41) is 8.83. The zero-order chi connectivity index (χ0) is 16.8. The lowest BCUT2D eigenvalue weighted by molar-refractivity contribution is 0.414. The van der Waals surface area contributed by atoms with Crippen molar-refractivity contribution >= 4 is 11.4 Å². The standard InChI is InChI=1S/C20H20N2O2/c1-23-17-10-6-9-16(13-17)21-22-20-14-18(24-2)11-12-19(20)15-7-4-3-5-8-15/h3-7,9-15H,8H2,1-2H3. The van der Waals surface area contributed by atoms with Crippen molar-refractivity contribution in [3.05, 3.63) is 72.3 Å². The van der Waals surface area contributed by atoms with Gasteiger partial charge in [0.05, 0.1) is 25.6 Å². The Morgan fingerprint density at radius 1 is 0.917 bits per heavy atom. The van der Waals surface area contributed by atoms with Crippen LogP contribution in [0.2, 0.25) is 0 Å². The van der Waals surface area contributed by atoms with Crippen LogP contribution >= 0.6 is 0 Å². The first-order valence-corrected chi connectivity index (χ1v) is 7.87. The third-order valence-electron chi connectivity index (χ3n) is 3.94. The molecule has 3 rings (SSSR count). The van der Waals surface area contributed by atoms with Gasteiger partial charge < -0.3 is 9.47 Å². The smallest absolute Gasteiger partial charge is 0.121 e. The minimum Gasteiger partial charge on any atom is -0.497 e. The monoisotopic (exact) mass is 320 g/mol. The summed E-state index contributed by atoms with van der Waals surface area (Å²) >= 11 is 0. The SMILES string of the molecule is COc1cccc(N=Nc2cc(OC)ccc2C2C=CC=CC2)c1. The quantitative estimate of drug-likeness (QED) is 0.661. The predicted octanol–water partition coefficient (Wildman–Crippen LogP) is 5.72. The third-order valence-corrected chi connectivity index (χ3v) is 3.94. The highest BCUT2D eigenvalue weighted by atomic mass is 16.5. The maximum absolute atomic E-state index is 5.33. The average molecular weight is 320 g/mol. The zero-order valence-electron chi connectivity index (χ0n) is 13.8. The highest BCUT2D eigenvalue weighted by molar-refractivity contribution is 5.54. The number of allylic oxidation sites excluding steroid dienone is 4. The summed E-state index contributed by atoms with van der Waals surface area (Å²) < 4.78 is 10.6. The lowest BCUT2D eigenvalue weighted by Crippen LogP contribution is -1.97. The van der Waals surface area contributed by atoms with E-state index in [1.807, 2.05) is 36.4 Å². The molecule has 0 spiro atoms. The minimum absolute atomic E-state index is 0.306. The van der Waals surface area contributed by atoms with E-state index in [0.717, 1.165) is 34.9 Å². The van der Waals surface area contributed by atoms with E-state index in [1.165, 1.54) is 0 Å². The molecule has 2 aromatic carbocycles. The zero-order valence-corrected chi connectivity index (χ0v) is 13.8. The minimum atomic E-state index is 0.306. The molecule has 0 bridgehead atoms. The number of hydrogen-bond donors (Lipinski definition) is 0. The van der Waals surface area contributed by atoms with Gasteiger partial charge in [-0.15, -0.1) is 0 Å². The van der Waals surface area contributed by atoms with Crippen molar-refractivity contribution in [3.63, 3.8) is 0 Å². The van der Waals surface area contributed by atoms with Crippen molar-refractivity contribution in [3.8, 4) is 11.5 Å². The predicted molar refractivity (Wildman–Crippen MR) is 95.8 cm³/mol. The molecular formula is C20H20N2O2. The Morgan fingerprint density at radius 3 is 2.50 bits per heavy atom. The van der Waals surface area contributed by atoms with Gasteiger partial charge in [-0.3, -0.25) is 0 Å². The van der Waals surface area contributed by atoms with Gasteiger partial charge in [0.15, 0.2) is 0 Å². The van der Waals surface area contributed by atoms with Gasteiger partial charge in [-0.05, 0) is 30.2 Å². The summed E-state index contributed by atoms with van der Waals surface area (Å²) in [5.74, 6) is 1.84. The highest BCUT2D eigenvalue weighted by Crippen LogP contribution is 2.36. The maximum atomic E-state index is 5.33. The van der Waals surface area contributed by atoms with E-state index in [1.54, 1.807) is 14.2 Å². The van der Waals surface area contributed by atoms with Crippen LogP contribution in [0, 0.1) is 0 Å². The highest BCUT2D eigenvalue weighted by Gasteiger charge is 2.14. The Morgan fingerprint density at radius 2 is 1.75 bits per heavy atom. The number of rotatable bonds is 5. The van der Waals surface area contributed by atoms with Crippen LogP contribution < -0.4 is 9.47 Å². The summed E-state index contributed by atoms with van der Waals surface area (Å²) in [4.78, 5) is 0. The Kier molecular flexibility index (Phi) is 5.06. The molecule has 0 saturated carbocycles. The lowest BCUT2D eigenvalue weighted by Gasteiger charge is -2.16. The van der Waals surface area contributed by atoms with Gasteiger partial charge in [-0.2, -0.15) is 10.2 Å².